The first-order valence-electron chi connectivity index (χ1n) is 7.55. The van der Waals surface area contributed by atoms with Gasteiger partial charge in [-0.1, -0.05) is 13.8 Å². The van der Waals surface area contributed by atoms with E-state index < -0.39 is 0 Å². The van der Waals surface area contributed by atoms with E-state index in [0.717, 1.165) is 5.92 Å². The minimum absolute atomic E-state index is 0.310. The highest BCUT2D eigenvalue weighted by atomic mass is 16.5. The van der Waals surface area contributed by atoms with E-state index in [2.05, 4.69) is 24.5 Å². The summed E-state index contributed by atoms with van der Waals surface area (Å²) in [7, 11) is 1.84. The third kappa shape index (κ3) is 2.00. The zero-order valence-corrected chi connectivity index (χ0v) is 12.1. The SMILES string of the molecule is COC1CC(NCC2CC23CCNCC3)C1(C)C. The fourth-order valence-electron chi connectivity index (χ4n) is 4.17. The highest BCUT2D eigenvalue weighted by Gasteiger charge is 2.54. The van der Waals surface area contributed by atoms with Crippen molar-refractivity contribution in [1.29, 1.82) is 0 Å². The molecule has 1 saturated heterocycles. The van der Waals surface area contributed by atoms with Crippen molar-refractivity contribution in [3.05, 3.63) is 0 Å². The molecule has 0 aromatic rings. The first kappa shape index (κ1) is 12.9. The Hall–Kier alpha value is -0.120. The van der Waals surface area contributed by atoms with Gasteiger partial charge in [0.1, 0.15) is 0 Å². The summed E-state index contributed by atoms with van der Waals surface area (Å²) in [6.07, 6.45) is 5.89. The summed E-state index contributed by atoms with van der Waals surface area (Å²) in [6, 6.07) is 0.654. The van der Waals surface area contributed by atoms with Crippen molar-refractivity contribution >= 4 is 0 Å². The van der Waals surface area contributed by atoms with Gasteiger partial charge in [-0.05, 0) is 56.7 Å². The molecule has 3 fully saturated rings. The van der Waals surface area contributed by atoms with Gasteiger partial charge in [0.05, 0.1) is 6.10 Å². The van der Waals surface area contributed by atoms with Crippen molar-refractivity contribution < 1.29 is 4.74 Å². The molecule has 0 amide bonds. The molecule has 1 aliphatic heterocycles. The molecule has 0 radical (unpaired) electrons. The van der Waals surface area contributed by atoms with E-state index in [1.165, 1.54) is 45.3 Å². The summed E-state index contributed by atoms with van der Waals surface area (Å²) in [4.78, 5) is 0. The Labute approximate surface area is 111 Å². The van der Waals surface area contributed by atoms with Crippen LogP contribution < -0.4 is 10.6 Å². The lowest BCUT2D eigenvalue weighted by Crippen LogP contribution is -2.61. The summed E-state index contributed by atoms with van der Waals surface area (Å²) in [5.74, 6) is 0.942. The van der Waals surface area contributed by atoms with E-state index in [1.807, 2.05) is 7.11 Å². The molecule has 3 atom stereocenters. The third-order valence-electron chi connectivity index (χ3n) is 6.03. The lowest BCUT2D eigenvalue weighted by molar-refractivity contribution is -0.0977. The summed E-state index contributed by atoms with van der Waals surface area (Å²) in [6.45, 7) is 8.35. The van der Waals surface area contributed by atoms with E-state index >= 15 is 0 Å². The quantitative estimate of drug-likeness (QED) is 0.800. The molecule has 0 bridgehead atoms. The highest BCUT2D eigenvalue weighted by Crippen LogP contribution is 2.58. The molecule has 18 heavy (non-hydrogen) atoms. The molecule has 3 aliphatic rings. The van der Waals surface area contributed by atoms with Crippen LogP contribution in [0.1, 0.15) is 39.5 Å². The lowest BCUT2D eigenvalue weighted by atomic mass is 9.64. The van der Waals surface area contributed by atoms with Crippen molar-refractivity contribution in [3.8, 4) is 0 Å². The average Bonchev–Trinajstić information content (AvgIpc) is 3.01. The molecule has 2 N–H and O–H groups in total. The predicted molar refractivity (Wildman–Crippen MR) is 73.6 cm³/mol. The lowest BCUT2D eigenvalue weighted by Gasteiger charge is -2.51. The van der Waals surface area contributed by atoms with Crippen LogP contribution in [0.15, 0.2) is 0 Å². The van der Waals surface area contributed by atoms with E-state index in [1.54, 1.807) is 0 Å². The largest absolute Gasteiger partial charge is 0.381 e. The van der Waals surface area contributed by atoms with Gasteiger partial charge < -0.3 is 15.4 Å². The van der Waals surface area contributed by atoms with Crippen molar-refractivity contribution in [3.63, 3.8) is 0 Å². The van der Waals surface area contributed by atoms with Gasteiger partial charge in [0.2, 0.25) is 0 Å². The van der Waals surface area contributed by atoms with E-state index in [9.17, 15) is 0 Å². The Balaban J connectivity index is 1.44. The molecular weight excluding hydrogens is 224 g/mol. The molecule has 0 aromatic heterocycles. The zero-order valence-electron chi connectivity index (χ0n) is 12.1. The maximum atomic E-state index is 5.52. The van der Waals surface area contributed by atoms with Gasteiger partial charge >= 0.3 is 0 Å². The molecule has 2 saturated carbocycles. The van der Waals surface area contributed by atoms with Crippen molar-refractivity contribution in [2.45, 2.75) is 51.7 Å². The van der Waals surface area contributed by atoms with Gasteiger partial charge in [0, 0.05) is 18.6 Å². The number of hydrogen-bond donors (Lipinski definition) is 2. The molecule has 2 aliphatic carbocycles. The van der Waals surface area contributed by atoms with Gasteiger partial charge in [-0.2, -0.15) is 0 Å². The van der Waals surface area contributed by atoms with Crippen LogP contribution in [0.4, 0.5) is 0 Å². The van der Waals surface area contributed by atoms with Crippen LogP contribution >= 0.6 is 0 Å². The van der Waals surface area contributed by atoms with Crippen LogP contribution in [0, 0.1) is 16.7 Å². The first-order valence-corrected chi connectivity index (χ1v) is 7.55. The summed E-state index contributed by atoms with van der Waals surface area (Å²) >= 11 is 0. The molecule has 1 heterocycles. The molecule has 104 valence electrons. The van der Waals surface area contributed by atoms with Gasteiger partial charge in [0.25, 0.3) is 0 Å². The molecule has 1 spiro atoms. The Morgan fingerprint density at radius 3 is 2.61 bits per heavy atom. The fraction of sp³-hybridized carbons (Fsp3) is 1.00. The molecule has 3 rings (SSSR count). The summed E-state index contributed by atoms with van der Waals surface area (Å²) in [5, 5.41) is 7.28. The van der Waals surface area contributed by atoms with Crippen LogP contribution in [0.2, 0.25) is 0 Å². The van der Waals surface area contributed by atoms with Crippen LogP contribution in [-0.4, -0.2) is 38.9 Å². The molecule has 0 aromatic carbocycles. The molecular formula is C15H28N2O. The van der Waals surface area contributed by atoms with Crippen molar-refractivity contribution in [2.24, 2.45) is 16.7 Å². The summed E-state index contributed by atoms with van der Waals surface area (Å²) in [5.41, 5.74) is 1.03. The minimum atomic E-state index is 0.310. The molecule has 3 unspecified atom stereocenters. The van der Waals surface area contributed by atoms with E-state index in [4.69, 9.17) is 4.74 Å². The van der Waals surface area contributed by atoms with Crippen LogP contribution in [0.25, 0.3) is 0 Å². The van der Waals surface area contributed by atoms with Crippen LogP contribution in [0.5, 0.6) is 0 Å². The second-order valence-corrected chi connectivity index (χ2v) is 7.26. The second kappa shape index (κ2) is 4.46. The maximum absolute atomic E-state index is 5.52. The zero-order chi connectivity index (χ0) is 12.8. The average molecular weight is 252 g/mol. The number of piperidine rings is 1. The Bertz CT molecular complexity index is 310. The van der Waals surface area contributed by atoms with E-state index in [0.29, 0.717) is 23.0 Å². The topological polar surface area (TPSA) is 33.3 Å². The van der Waals surface area contributed by atoms with Crippen LogP contribution in [0.3, 0.4) is 0 Å². The van der Waals surface area contributed by atoms with Gasteiger partial charge in [-0.3, -0.25) is 0 Å². The van der Waals surface area contributed by atoms with Crippen molar-refractivity contribution in [1.82, 2.24) is 10.6 Å². The Morgan fingerprint density at radius 2 is 2.00 bits per heavy atom. The number of methoxy groups -OCH3 is 1. The molecule has 3 heteroatoms. The second-order valence-electron chi connectivity index (χ2n) is 7.26. The Kier molecular flexibility index (Phi) is 3.20. The predicted octanol–water partition coefficient (Wildman–Crippen LogP) is 1.78. The van der Waals surface area contributed by atoms with Crippen molar-refractivity contribution in [2.75, 3.05) is 26.7 Å². The van der Waals surface area contributed by atoms with Gasteiger partial charge in [-0.15, -0.1) is 0 Å². The normalized spacial score (nSPS) is 40.5. The monoisotopic (exact) mass is 252 g/mol. The first-order chi connectivity index (χ1) is 8.58. The standard InChI is InChI=1S/C15H28N2O/c1-14(2)12(8-13(14)18-3)17-10-11-9-15(11)4-6-16-7-5-15/h11-13,16-17H,4-10H2,1-3H3. The Morgan fingerprint density at radius 1 is 1.28 bits per heavy atom. The minimum Gasteiger partial charge on any atom is -0.381 e. The number of nitrogens with one attached hydrogen (secondary N) is 2. The summed E-state index contributed by atoms with van der Waals surface area (Å²) < 4.78 is 5.52. The third-order valence-corrected chi connectivity index (χ3v) is 6.03. The fourth-order valence-corrected chi connectivity index (χ4v) is 4.17. The van der Waals surface area contributed by atoms with E-state index in [-0.39, 0.29) is 0 Å². The smallest absolute Gasteiger partial charge is 0.0652 e. The number of rotatable bonds is 4. The van der Waals surface area contributed by atoms with Gasteiger partial charge in [-0.25, -0.2) is 0 Å². The molecule has 3 nitrogen and oxygen atoms in total. The number of ether oxygens (including phenoxy) is 1. The number of hydrogen-bond acceptors (Lipinski definition) is 3. The maximum Gasteiger partial charge on any atom is 0.0652 e. The van der Waals surface area contributed by atoms with Crippen LogP contribution in [-0.2, 0) is 4.74 Å². The van der Waals surface area contributed by atoms with Gasteiger partial charge in [0.15, 0.2) is 0 Å². The highest BCUT2D eigenvalue weighted by molar-refractivity contribution is 5.08.